The van der Waals surface area contributed by atoms with Gasteiger partial charge in [-0.05, 0) is 36.2 Å². The Balaban J connectivity index is 2.00. The van der Waals surface area contributed by atoms with Crippen molar-refractivity contribution in [1.29, 1.82) is 0 Å². The third-order valence-electron chi connectivity index (χ3n) is 3.25. The lowest BCUT2D eigenvalue weighted by atomic mass is 10.1. The average molecular weight is 314 g/mol. The van der Waals surface area contributed by atoms with Crippen molar-refractivity contribution in [2.24, 2.45) is 0 Å². The predicted octanol–water partition coefficient (Wildman–Crippen LogP) is 4.05. The van der Waals surface area contributed by atoms with Gasteiger partial charge >= 0.3 is 0 Å². The third kappa shape index (κ3) is 3.28. The summed E-state index contributed by atoms with van der Waals surface area (Å²) in [5.74, 6) is 0.624. The monoisotopic (exact) mass is 313 g/mol. The van der Waals surface area contributed by atoms with Crippen LogP contribution in [0.2, 0.25) is 5.02 Å². The van der Waals surface area contributed by atoms with Crippen molar-refractivity contribution in [2.45, 2.75) is 13.5 Å². The van der Waals surface area contributed by atoms with Crippen molar-refractivity contribution < 1.29 is 4.74 Å². The minimum Gasteiger partial charge on any atom is -0.478 e. The smallest absolute Gasteiger partial charge is 0.221 e. The Morgan fingerprint density at radius 2 is 2.18 bits per heavy atom. The second-order valence-corrected chi connectivity index (χ2v) is 5.31. The molecule has 0 amide bonds. The molecule has 0 radical (unpaired) electrons. The summed E-state index contributed by atoms with van der Waals surface area (Å²) in [6.07, 6.45) is 7.31. The van der Waals surface area contributed by atoms with Crippen LogP contribution in [-0.2, 0) is 6.54 Å². The Kier molecular flexibility index (Phi) is 4.39. The standard InChI is InChI=1S/C17H16ClN3O/c1-2-22-17-16(14-4-3-5-15(18)9-14)8-13(10-20-17)11-21-7-6-19-12-21/h3-10,12H,2,11H2,1H3. The summed E-state index contributed by atoms with van der Waals surface area (Å²) in [6.45, 7) is 3.23. The predicted molar refractivity (Wildman–Crippen MR) is 87.2 cm³/mol. The second-order valence-electron chi connectivity index (χ2n) is 4.87. The normalized spacial score (nSPS) is 10.6. The maximum Gasteiger partial charge on any atom is 0.221 e. The summed E-state index contributed by atoms with van der Waals surface area (Å²) < 4.78 is 7.65. The Morgan fingerprint density at radius 1 is 1.27 bits per heavy atom. The fourth-order valence-corrected chi connectivity index (χ4v) is 2.48. The molecular weight excluding hydrogens is 298 g/mol. The van der Waals surface area contributed by atoms with Crippen LogP contribution in [0.5, 0.6) is 5.88 Å². The first-order valence-electron chi connectivity index (χ1n) is 7.09. The number of nitrogens with zero attached hydrogens (tertiary/aromatic N) is 3. The van der Waals surface area contributed by atoms with E-state index in [4.69, 9.17) is 16.3 Å². The van der Waals surface area contributed by atoms with Gasteiger partial charge in [0.2, 0.25) is 5.88 Å². The fraction of sp³-hybridized carbons (Fsp3) is 0.176. The van der Waals surface area contributed by atoms with Gasteiger partial charge < -0.3 is 9.30 Å². The van der Waals surface area contributed by atoms with E-state index in [9.17, 15) is 0 Å². The molecule has 0 aliphatic rings. The van der Waals surface area contributed by atoms with E-state index >= 15 is 0 Å². The number of rotatable bonds is 5. The summed E-state index contributed by atoms with van der Waals surface area (Å²) in [6, 6.07) is 9.79. The van der Waals surface area contributed by atoms with Crippen LogP contribution < -0.4 is 4.74 Å². The lowest BCUT2D eigenvalue weighted by Gasteiger charge is -2.12. The number of imidazole rings is 1. The van der Waals surface area contributed by atoms with Crippen LogP contribution in [0.4, 0.5) is 0 Å². The van der Waals surface area contributed by atoms with Gasteiger partial charge in [-0.2, -0.15) is 0 Å². The first-order chi connectivity index (χ1) is 10.8. The highest BCUT2D eigenvalue weighted by Crippen LogP contribution is 2.30. The first kappa shape index (κ1) is 14.6. The van der Waals surface area contributed by atoms with E-state index in [0.717, 1.165) is 16.7 Å². The van der Waals surface area contributed by atoms with Crippen LogP contribution in [0, 0.1) is 0 Å². The molecule has 3 aromatic rings. The molecule has 1 aromatic carbocycles. The van der Waals surface area contributed by atoms with E-state index in [-0.39, 0.29) is 0 Å². The van der Waals surface area contributed by atoms with Crippen LogP contribution >= 0.6 is 11.6 Å². The zero-order valence-electron chi connectivity index (χ0n) is 12.2. The Bertz CT molecular complexity index is 756. The molecular formula is C17H16ClN3O. The number of aromatic nitrogens is 3. The van der Waals surface area contributed by atoms with E-state index in [2.05, 4.69) is 16.0 Å². The van der Waals surface area contributed by atoms with Gasteiger partial charge in [-0.3, -0.25) is 0 Å². The largest absolute Gasteiger partial charge is 0.478 e. The molecule has 0 N–H and O–H groups in total. The lowest BCUT2D eigenvalue weighted by Crippen LogP contribution is -2.01. The van der Waals surface area contributed by atoms with Gasteiger partial charge in [0.05, 0.1) is 19.5 Å². The second kappa shape index (κ2) is 6.62. The van der Waals surface area contributed by atoms with Crippen molar-refractivity contribution in [2.75, 3.05) is 6.61 Å². The quantitative estimate of drug-likeness (QED) is 0.713. The molecule has 0 fully saturated rings. The van der Waals surface area contributed by atoms with Crippen molar-refractivity contribution in [1.82, 2.24) is 14.5 Å². The van der Waals surface area contributed by atoms with E-state index in [1.165, 1.54) is 0 Å². The molecule has 0 saturated heterocycles. The minimum atomic E-state index is 0.571. The van der Waals surface area contributed by atoms with E-state index in [0.29, 0.717) is 24.1 Å². The van der Waals surface area contributed by atoms with Crippen LogP contribution in [0.15, 0.2) is 55.2 Å². The Morgan fingerprint density at radius 3 is 2.91 bits per heavy atom. The van der Waals surface area contributed by atoms with Crippen LogP contribution in [0.1, 0.15) is 12.5 Å². The molecule has 2 aromatic heterocycles. The topological polar surface area (TPSA) is 39.9 Å². The number of ether oxygens (including phenoxy) is 1. The van der Waals surface area contributed by atoms with E-state index < -0.39 is 0 Å². The van der Waals surface area contributed by atoms with Crippen LogP contribution in [-0.4, -0.2) is 21.1 Å². The summed E-state index contributed by atoms with van der Waals surface area (Å²) in [4.78, 5) is 8.51. The molecule has 0 aliphatic heterocycles. The summed E-state index contributed by atoms with van der Waals surface area (Å²) >= 11 is 6.11. The molecule has 22 heavy (non-hydrogen) atoms. The van der Waals surface area contributed by atoms with Gasteiger partial charge in [0, 0.05) is 29.2 Å². The zero-order chi connectivity index (χ0) is 15.4. The molecule has 0 spiro atoms. The molecule has 4 nitrogen and oxygen atoms in total. The third-order valence-corrected chi connectivity index (χ3v) is 3.48. The Labute approximate surface area is 134 Å². The zero-order valence-corrected chi connectivity index (χ0v) is 13.0. The van der Waals surface area contributed by atoms with Crippen LogP contribution in [0.3, 0.4) is 0 Å². The van der Waals surface area contributed by atoms with Gasteiger partial charge in [-0.1, -0.05) is 23.7 Å². The maximum atomic E-state index is 6.11. The summed E-state index contributed by atoms with van der Waals surface area (Å²) in [5.41, 5.74) is 3.02. The highest BCUT2D eigenvalue weighted by Gasteiger charge is 2.10. The SMILES string of the molecule is CCOc1ncc(Cn2ccnc2)cc1-c1cccc(Cl)c1. The number of halogens is 1. The molecule has 0 bridgehead atoms. The molecule has 3 rings (SSSR count). The molecule has 0 saturated carbocycles. The van der Waals surface area contributed by atoms with Gasteiger partial charge in [-0.25, -0.2) is 9.97 Å². The molecule has 2 heterocycles. The number of pyridine rings is 1. The summed E-state index contributed by atoms with van der Waals surface area (Å²) in [5, 5.41) is 0.694. The fourth-order valence-electron chi connectivity index (χ4n) is 2.29. The highest BCUT2D eigenvalue weighted by atomic mass is 35.5. The summed E-state index contributed by atoms with van der Waals surface area (Å²) in [7, 11) is 0. The number of hydrogen-bond acceptors (Lipinski definition) is 3. The number of benzene rings is 1. The van der Waals surface area contributed by atoms with E-state index in [1.54, 1.807) is 12.5 Å². The molecule has 5 heteroatoms. The van der Waals surface area contributed by atoms with Gasteiger partial charge in [-0.15, -0.1) is 0 Å². The van der Waals surface area contributed by atoms with Crippen molar-refractivity contribution >= 4 is 11.6 Å². The molecule has 0 aliphatic carbocycles. The maximum absolute atomic E-state index is 6.11. The molecule has 112 valence electrons. The van der Waals surface area contributed by atoms with E-state index in [1.807, 2.05) is 48.1 Å². The van der Waals surface area contributed by atoms with Crippen molar-refractivity contribution in [3.05, 3.63) is 65.8 Å². The minimum absolute atomic E-state index is 0.571. The van der Waals surface area contributed by atoms with Crippen molar-refractivity contribution in [3.8, 4) is 17.0 Å². The average Bonchev–Trinajstić information content (AvgIpc) is 3.02. The molecule has 0 atom stereocenters. The van der Waals surface area contributed by atoms with Gasteiger partial charge in [0.15, 0.2) is 0 Å². The van der Waals surface area contributed by atoms with Crippen molar-refractivity contribution in [3.63, 3.8) is 0 Å². The first-order valence-corrected chi connectivity index (χ1v) is 7.47. The van der Waals surface area contributed by atoms with Gasteiger partial charge in [0.1, 0.15) is 0 Å². The Hall–Kier alpha value is -2.33. The highest BCUT2D eigenvalue weighted by molar-refractivity contribution is 6.30. The number of hydrogen-bond donors (Lipinski definition) is 0. The lowest BCUT2D eigenvalue weighted by molar-refractivity contribution is 0.328. The van der Waals surface area contributed by atoms with Crippen LogP contribution in [0.25, 0.3) is 11.1 Å². The molecule has 0 unspecified atom stereocenters. The van der Waals surface area contributed by atoms with Gasteiger partial charge in [0.25, 0.3) is 0 Å².